The van der Waals surface area contributed by atoms with Gasteiger partial charge in [-0.15, -0.1) is 0 Å². The molecule has 5 nitrogen and oxygen atoms in total. The van der Waals surface area contributed by atoms with E-state index >= 15 is 0 Å². The van der Waals surface area contributed by atoms with Crippen LogP contribution >= 0.6 is 0 Å². The molecule has 0 bridgehead atoms. The molecule has 2 amide bonds. The van der Waals surface area contributed by atoms with E-state index in [1.54, 1.807) is 43.3 Å². The normalized spacial score (nSPS) is 13.3. The molecule has 0 saturated heterocycles. The summed E-state index contributed by atoms with van der Waals surface area (Å²) in [4.78, 5) is 37.1. The quantitative estimate of drug-likeness (QED) is 0.485. The number of imide groups is 1. The summed E-state index contributed by atoms with van der Waals surface area (Å²) in [5.74, 6) is -0.874. The van der Waals surface area contributed by atoms with Crippen LogP contribution in [0.1, 0.15) is 33.2 Å². The Hall–Kier alpha value is -2.95. The average Bonchev–Trinajstić information content (AvgIpc) is 2.74. The number of fused-ring (bicyclic) bond motifs is 1. The minimum atomic E-state index is -0.456. The Morgan fingerprint density at radius 3 is 2.14 bits per heavy atom. The standard InChI is InChI=1S/C17H13NO4/c1-10-7-8-12(9-15(10)22-11(2)19)18-16(20)13-5-3-4-6-14(13)17(18)21/h3-9H,1-2H3. The third-order valence-electron chi connectivity index (χ3n) is 3.48. The van der Waals surface area contributed by atoms with Crippen LogP contribution < -0.4 is 9.64 Å². The van der Waals surface area contributed by atoms with Crippen molar-refractivity contribution in [3.8, 4) is 5.75 Å². The highest BCUT2D eigenvalue weighted by molar-refractivity contribution is 6.34. The van der Waals surface area contributed by atoms with E-state index in [0.717, 1.165) is 10.5 Å². The SMILES string of the molecule is CC(=O)Oc1cc(N2C(=O)c3ccccc3C2=O)ccc1C. The van der Waals surface area contributed by atoms with Crippen LogP contribution in [0.25, 0.3) is 0 Å². The first-order valence-electron chi connectivity index (χ1n) is 6.76. The Morgan fingerprint density at radius 1 is 1.00 bits per heavy atom. The number of hydrogen-bond donors (Lipinski definition) is 0. The third-order valence-corrected chi connectivity index (χ3v) is 3.48. The van der Waals surface area contributed by atoms with Gasteiger partial charge in [-0.3, -0.25) is 14.4 Å². The number of carbonyl (C=O) groups is 3. The lowest BCUT2D eigenvalue weighted by Gasteiger charge is -2.16. The van der Waals surface area contributed by atoms with Crippen LogP contribution in [0.15, 0.2) is 42.5 Å². The Labute approximate surface area is 127 Å². The van der Waals surface area contributed by atoms with Gasteiger partial charge < -0.3 is 4.74 Å². The number of ether oxygens (including phenoxy) is 1. The summed E-state index contributed by atoms with van der Waals surface area (Å²) in [5, 5.41) is 0. The second-order valence-electron chi connectivity index (χ2n) is 5.03. The maximum atomic E-state index is 12.4. The van der Waals surface area contributed by atoms with E-state index in [1.807, 2.05) is 0 Å². The van der Waals surface area contributed by atoms with E-state index in [-0.39, 0.29) is 11.8 Å². The van der Waals surface area contributed by atoms with Gasteiger partial charge in [0.2, 0.25) is 0 Å². The van der Waals surface area contributed by atoms with E-state index in [0.29, 0.717) is 22.6 Å². The summed E-state index contributed by atoms with van der Waals surface area (Å²) in [7, 11) is 0. The minimum Gasteiger partial charge on any atom is -0.426 e. The van der Waals surface area contributed by atoms with Crippen molar-refractivity contribution >= 4 is 23.5 Å². The van der Waals surface area contributed by atoms with Crippen molar-refractivity contribution in [1.29, 1.82) is 0 Å². The molecule has 0 atom stereocenters. The Bertz CT molecular complexity index is 775. The van der Waals surface area contributed by atoms with Gasteiger partial charge in [0.15, 0.2) is 0 Å². The zero-order valence-corrected chi connectivity index (χ0v) is 12.1. The Morgan fingerprint density at radius 2 is 1.59 bits per heavy atom. The number of benzene rings is 2. The molecule has 0 spiro atoms. The molecule has 22 heavy (non-hydrogen) atoms. The maximum absolute atomic E-state index is 12.4. The molecule has 1 aliphatic heterocycles. The van der Waals surface area contributed by atoms with Crippen molar-refractivity contribution < 1.29 is 19.1 Å². The molecule has 0 saturated carbocycles. The molecular formula is C17H13NO4. The van der Waals surface area contributed by atoms with Gasteiger partial charge in [-0.1, -0.05) is 18.2 Å². The smallest absolute Gasteiger partial charge is 0.308 e. The van der Waals surface area contributed by atoms with Crippen LogP contribution in [0, 0.1) is 6.92 Å². The number of rotatable bonds is 2. The van der Waals surface area contributed by atoms with Crippen molar-refractivity contribution in [2.45, 2.75) is 13.8 Å². The van der Waals surface area contributed by atoms with Gasteiger partial charge in [0.1, 0.15) is 5.75 Å². The molecule has 0 unspecified atom stereocenters. The molecule has 0 radical (unpaired) electrons. The van der Waals surface area contributed by atoms with E-state index in [1.165, 1.54) is 13.0 Å². The average molecular weight is 295 g/mol. The van der Waals surface area contributed by atoms with Crippen LogP contribution in [0.5, 0.6) is 5.75 Å². The zero-order valence-electron chi connectivity index (χ0n) is 12.1. The topological polar surface area (TPSA) is 63.7 Å². The monoisotopic (exact) mass is 295 g/mol. The highest BCUT2D eigenvalue weighted by atomic mass is 16.5. The van der Waals surface area contributed by atoms with Gasteiger partial charge in [0.05, 0.1) is 16.8 Å². The minimum absolute atomic E-state index is 0.335. The first kappa shape index (κ1) is 14.0. The number of esters is 1. The van der Waals surface area contributed by atoms with Crippen molar-refractivity contribution in [1.82, 2.24) is 0 Å². The molecule has 1 heterocycles. The van der Waals surface area contributed by atoms with Gasteiger partial charge in [0.25, 0.3) is 11.8 Å². The molecular weight excluding hydrogens is 282 g/mol. The lowest BCUT2D eigenvalue weighted by atomic mass is 10.1. The predicted octanol–water partition coefficient (Wildman–Crippen LogP) is 2.72. The fourth-order valence-corrected chi connectivity index (χ4v) is 2.42. The molecule has 0 aliphatic carbocycles. The molecule has 3 rings (SSSR count). The molecule has 5 heteroatoms. The van der Waals surface area contributed by atoms with Crippen LogP contribution in [0.4, 0.5) is 5.69 Å². The van der Waals surface area contributed by atoms with Gasteiger partial charge >= 0.3 is 5.97 Å². The van der Waals surface area contributed by atoms with Gasteiger partial charge in [0, 0.05) is 13.0 Å². The molecule has 2 aromatic rings. The van der Waals surface area contributed by atoms with Gasteiger partial charge in [-0.05, 0) is 30.7 Å². The lowest BCUT2D eigenvalue weighted by Crippen LogP contribution is -2.29. The molecule has 0 N–H and O–H groups in total. The fraction of sp³-hybridized carbons (Fsp3) is 0.118. The largest absolute Gasteiger partial charge is 0.426 e. The molecule has 1 aliphatic rings. The van der Waals surface area contributed by atoms with Crippen LogP contribution in [-0.2, 0) is 4.79 Å². The highest BCUT2D eigenvalue weighted by Gasteiger charge is 2.36. The fourth-order valence-electron chi connectivity index (χ4n) is 2.42. The van der Waals surface area contributed by atoms with E-state index in [9.17, 15) is 14.4 Å². The predicted molar refractivity (Wildman–Crippen MR) is 80.1 cm³/mol. The summed E-state index contributed by atoms with van der Waals surface area (Å²) in [6.07, 6.45) is 0. The first-order chi connectivity index (χ1) is 10.5. The number of nitrogens with zero attached hydrogens (tertiary/aromatic N) is 1. The van der Waals surface area contributed by atoms with Crippen molar-refractivity contribution in [3.05, 3.63) is 59.2 Å². The number of amides is 2. The van der Waals surface area contributed by atoms with Gasteiger partial charge in [-0.25, -0.2) is 4.90 Å². The zero-order chi connectivity index (χ0) is 15.9. The maximum Gasteiger partial charge on any atom is 0.308 e. The molecule has 2 aromatic carbocycles. The highest BCUT2D eigenvalue weighted by Crippen LogP contribution is 2.31. The van der Waals surface area contributed by atoms with Gasteiger partial charge in [-0.2, -0.15) is 0 Å². The van der Waals surface area contributed by atoms with E-state index in [4.69, 9.17) is 4.74 Å². The second-order valence-corrected chi connectivity index (χ2v) is 5.03. The van der Waals surface area contributed by atoms with Crippen LogP contribution in [-0.4, -0.2) is 17.8 Å². The van der Waals surface area contributed by atoms with E-state index in [2.05, 4.69) is 0 Å². The first-order valence-corrected chi connectivity index (χ1v) is 6.76. The number of carbonyl (C=O) groups excluding carboxylic acids is 3. The number of hydrogen-bond acceptors (Lipinski definition) is 4. The van der Waals surface area contributed by atoms with Crippen molar-refractivity contribution in [2.24, 2.45) is 0 Å². The summed E-state index contributed by atoms with van der Waals surface area (Å²) in [6, 6.07) is 11.6. The Balaban J connectivity index is 2.04. The number of anilines is 1. The third kappa shape index (κ3) is 2.16. The van der Waals surface area contributed by atoms with Crippen molar-refractivity contribution in [2.75, 3.05) is 4.90 Å². The molecule has 110 valence electrons. The van der Waals surface area contributed by atoms with Crippen LogP contribution in [0.2, 0.25) is 0 Å². The van der Waals surface area contributed by atoms with Crippen LogP contribution in [0.3, 0.4) is 0 Å². The molecule has 0 aromatic heterocycles. The molecule has 0 fully saturated rings. The summed E-state index contributed by atoms with van der Waals surface area (Å²) in [6.45, 7) is 3.08. The lowest BCUT2D eigenvalue weighted by molar-refractivity contribution is -0.131. The Kier molecular flexibility index (Phi) is 3.25. The van der Waals surface area contributed by atoms with E-state index < -0.39 is 5.97 Å². The summed E-state index contributed by atoms with van der Waals surface area (Å²) >= 11 is 0. The second kappa shape index (κ2) is 5.11. The summed E-state index contributed by atoms with van der Waals surface area (Å²) in [5.41, 5.74) is 1.88. The van der Waals surface area contributed by atoms with Crippen molar-refractivity contribution in [3.63, 3.8) is 0 Å². The number of aryl methyl sites for hydroxylation is 1. The summed E-state index contributed by atoms with van der Waals surface area (Å²) < 4.78 is 5.10.